The molecule has 26 heavy (non-hydrogen) atoms. The summed E-state index contributed by atoms with van der Waals surface area (Å²) >= 11 is 0. The summed E-state index contributed by atoms with van der Waals surface area (Å²) in [5.41, 5.74) is 0.417. The summed E-state index contributed by atoms with van der Waals surface area (Å²) in [7, 11) is 1.64. The van der Waals surface area contributed by atoms with Crippen LogP contribution in [-0.4, -0.2) is 50.4 Å². The van der Waals surface area contributed by atoms with Gasteiger partial charge in [0.2, 0.25) is 0 Å². The topological polar surface area (TPSA) is 48.9 Å². The number of hydrogen-bond donors (Lipinski definition) is 2. The minimum Gasteiger partial charge on any atom is -0.405 e. The van der Waals surface area contributed by atoms with Crippen LogP contribution in [0.1, 0.15) is 18.9 Å². The van der Waals surface area contributed by atoms with E-state index >= 15 is 0 Å². The van der Waals surface area contributed by atoms with Crippen LogP contribution in [-0.2, 0) is 6.54 Å². The van der Waals surface area contributed by atoms with Crippen LogP contribution in [0.5, 0.6) is 5.75 Å². The van der Waals surface area contributed by atoms with Gasteiger partial charge in [-0.25, -0.2) is 0 Å². The maximum atomic E-state index is 12.5. The first kappa shape index (κ1) is 22.8. The average molecular weight is 486 g/mol. The monoisotopic (exact) mass is 486 g/mol. The molecule has 0 radical (unpaired) electrons. The van der Waals surface area contributed by atoms with Crippen molar-refractivity contribution < 1.29 is 17.9 Å². The number of rotatable bonds is 6. The first-order valence-electron chi connectivity index (χ1n) is 8.41. The largest absolute Gasteiger partial charge is 0.573 e. The van der Waals surface area contributed by atoms with E-state index in [0.29, 0.717) is 17.4 Å². The van der Waals surface area contributed by atoms with E-state index in [1.54, 1.807) is 19.2 Å². The van der Waals surface area contributed by atoms with E-state index in [2.05, 4.69) is 32.2 Å². The smallest absolute Gasteiger partial charge is 0.405 e. The second-order valence-electron chi connectivity index (χ2n) is 6.01. The van der Waals surface area contributed by atoms with E-state index in [4.69, 9.17) is 0 Å². The second-order valence-corrected chi connectivity index (χ2v) is 6.01. The Morgan fingerprint density at radius 3 is 2.65 bits per heavy atom. The summed E-state index contributed by atoms with van der Waals surface area (Å²) in [6, 6.07) is 6.08. The number of nitrogens with one attached hydrogen (secondary N) is 2. The molecule has 2 N–H and O–H groups in total. The van der Waals surface area contributed by atoms with E-state index in [9.17, 15) is 13.2 Å². The SMILES string of the molecule is CCN1CCC(CNC(=NC)NCc2ccccc2OC(F)(F)F)C1.I. The Morgan fingerprint density at radius 1 is 1.31 bits per heavy atom. The first-order valence-corrected chi connectivity index (χ1v) is 8.41. The summed E-state index contributed by atoms with van der Waals surface area (Å²) in [5.74, 6) is 0.920. The van der Waals surface area contributed by atoms with Gasteiger partial charge in [-0.1, -0.05) is 25.1 Å². The van der Waals surface area contributed by atoms with Crippen molar-refractivity contribution in [3.05, 3.63) is 29.8 Å². The van der Waals surface area contributed by atoms with E-state index < -0.39 is 6.36 Å². The lowest BCUT2D eigenvalue weighted by Gasteiger charge is -2.17. The zero-order valence-electron chi connectivity index (χ0n) is 15.0. The van der Waals surface area contributed by atoms with Gasteiger partial charge in [0.1, 0.15) is 5.75 Å². The van der Waals surface area contributed by atoms with Crippen LogP contribution in [0, 0.1) is 5.92 Å². The van der Waals surface area contributed by atoms with Crippen molar-refractivity contribution in [3.8, 4) is 5.75 Å². The summed E-state index contributed by atoms with van der Waals surface area (Å²) in [5, 5.41) is 6.28. The molecule has 2 rings (SSSR count). The number of nitrogens with zero attached hydrogens (tertiary/aromatic N) is 2. The van der Waals surface area contributed by atoms with Gasteiger partial charge in [0, 0.05) is 32.2 Å². The van der Waals surface area contributed by atoms with E-state index in [-0.39, 0.29) is 36.3 Å². The maximum Gasteiger partial charge on any atom is 0.573 e. The van der Waals surface area contributed by atoms with Crippen LogP contribution >= 0.6 is 24.0 Å². The van der Waals surface area contributed by atoms with Crippen LogP contribution in [0.15, 0.2) is 29.3 Å². The summed E-state index contributed by atoms with van der Waals surface area (Å²) in [6.45, 7) is 6.35. The molecule has 0 amide bonds. The van der Waals surface area contributed by atoms with Crippen LogP contribution in [0.25, 0.3) is 0 Å². The third kappa shape index (κ3) is 7.56. The van der Waals surface area contributed by atoms with Crippen molar-refractivity contribution in [1.82, 2.24) is 15.5 Å². The highest BCUT2D eigenvalue weighted by Gasteiger charge is 2.32. The Kier molecular flexibility index (Phi) is 9.48. The van der Waals surface area contributed by atoms with Crippen molar-refractivity contribution in [2.24, 2.45) is 10.9 Å². The van der Waals surface area contributed by atoms with E-state index in [1.807, 2.05) is 0 Å². The molecule has 9 heteroatoms. The van der Waals surface area contributed by atoms with Crippen molar-refractivity contribution in [2.75, 3.05) is 33.2 Å². The lowest BCUT2D eigenvalue weighted by Crippen LogP contribution is -2.40. The quantitative estimate of drug-likeness (QED) is 0.369. The fourth-order valence-electron chi connectivity index (χ4n) is 2.88. The normalized spacial score (nSPS) is 18.3. The minimum atomic E-state index is -4.70. The molecule has 1 aliphatic heterocycles. The minimum absolute atomic E-state index is 0. The number of likely N-dealkylation sites (tertiary alicyclic amines) is 1. The molecule has 5 nitrogen and oxygen atoms in total. The zero-order chi connectivity index (χ0) is 18.3. The molecule has 1 heterocycles. The first-order chi connectivity index (χ1) is 11.9. The van der Waals surface area contributed by atoms with Crippen molar-refractivity contribution in [1.29, 1.82) is 0 Å². The third-order valence-electron chi connectivity index (χ3n) is 4.24. The molecule has 1 fully saturated rings. The number of benzene rings is 1. The Labute approximate surface area is 169 Å². The number of aliphatic imine (C=N–C) groups is 1. The van der Waals surface area contributed by atoms with Crippen LogP contribution in [0.2, 0.25) is 0 Å². The van der Waals surface area contributed by atoms with Crippen LogP contribution in [0.4, 0.5) is 13.2 Å². The third-order valence-corrected chi connectivity index (χ3v) is 4.24. The lowest BCUT2D eigenvalue weighted by molar-refractivity contribution is -0.274. The molecular formula is C17H26F3IN4O. The Hall–Kier alpha value is -1.23. The highest BCUT2D eigenvalue weighted by molar-refractivity contribution is 14.0. The van der Waals surface area contributed by atoms with E-state index in [1.165, 1.54) is 12.1 Å². The van der Waals surface area contributed by atoms with Crippen LogP contribution in [0.3, 0.4) is 0 Å². The Bertz CT molecular complexity index is 583. The second kappa shape index (κ2) is 10.8. The van der Waals surface area contributed by atoms with Gasteiger partial charge in [0.25, 0.3) is 0 Å². The zero-order valence-corrected chi connectivity index (χ0v) is 17.3. The number of ether oxygens (including phenoxy) is 1. The predicted molar refractivity (Wildman–Crippen MR) is 107 cm³/mol. The molecule has 1 saturated heterocycles. The van der Waals surface area contributed by atoms with E-state index in [0.717, 1.165) is 32.6 Å². The highest BCUT2D eigenvalue weighted by atomic mass is 127. The molecule has 0 bridgehead atoms. The van der Waals surface area contributed by atoms with Crippen LogP contribution < -0.4 is 15.4 Å². The summed E-state index contributed by atoms with van der Waals surface area (Å²) < 4.78 is 41.4. The maximum absolute atomic E-state index is 12.5. The molecule has 0 spiro atoms. The molecule has 0 aliphatic carbocycles. The predicted octanol–water partition coefficient (Wildman–Crippen LogP) is 3.21. The number of hydrogen-bond acceptors (Lipinski definition) is 3. The lowest BCUT2D eigenvalue weighted by atomic mass is 10.1. The van der Waals surface area contributed by atoms with Gasteiger partial charge in [-0.15, -0.1) is 37.1 Å². The highest BCUT2D eigenvalue weighted by Crippen LogP contribution is 2.26. The van der Waals surface area contributed by atoms with Gasteiger partial charge in [-0.2, -0.15) is 0 Å². The molecule has 1 unspecified atom stereocenters. The molecule has 1 aromatic carbocycles. The van der Waals surface area contributed by atoms with Gasteiger partial charge in [0.05, 0.1) is 0 Å². The number of guanidine groups is 1. The Balaban J connectivity index is 0.00000338. The fraction of sp³-hybridized carbons (Fsp3) is 0.588. The average Bonchev–Trinajstić information content (AvgIpc) is 3.03. The van der Waals surface area contributed by atoms with Gasteiger partial charge >= 0.3 is 6.36 Å². The van der Waals surface area contributed by atoms with Crippen molar-refractivity contribution in [3.63, 3.8) is 0 Å². The molecule has 1 aromatic rings. The molecule has 1 atom stereocenters. The van der Waals surface area contributed by atoms with Gasteiger partial charge in [-0.05, 0) is 31.5 Å². The Morgan fingerprint density at radius 2 is 2.04 bits per heavy atom. The van der Waals surface area contributed by atoms with Crippen molar-refractivity contribution in [2.45, 2.75) is 26.3 Å². The molecule has 0 aromatic heterocycles. The number of halogens is 4. The van der Waals surface area contributed by atoms with Gasteiger partial charge in [-0.3, -0.25) is 4.99 Å². The van der Waals surface area contributed by atoms with Gasteiger partial charge < -0.3 is 20.3 Å². The van der Waals surface area contributed by atoms with Gasteiger partial charge in [0.15, 0.2) is 5.96 Å². The standard InChI is InChI=1S/C17H25F3N4O.HI/c1-3-24-9-8-13(12-24)10-22-16(21-2)23-11-14-6-4-5-7-15(14)25-17(18,19)20;/h4-7,13H,3,8-12H2,1-2H3,(H2,21,22,23);1H. The summed E-state index contributed by atoms with van der Waals surface area (Å²) in [6.07, 6.45) is -3.57. The molecule has 148 valence electrons. The number of para-hydroxylation sites is 1. The number of alkyl halides is 3. The van der Waals surface area contributed by atoms with Crippen molar-refractivity contribution >= 4 is 29.9 Å². The summed E-state index contributed by atoms with van der Waals surface area (Å²) in [4.78, 5) is 6.52. The molecule has 1 aliphatic rings. The fourth-order valence-corrected chi connectivity index (χ4v) is 2.88. The molecular weight excluding hydrogens is 460 g/mol. The molecule has 0 saturated carbocycles.